The van der Waals surface area contributed by atoms with Crippen LogP contribution in [0.4, 0.5) is 0 Å². The van der Waals surface area contributed by atoms with Crippen molar-refractivity contribution in [3.63, 3.8) is 0 Å². The highest BCUT2D eigenvalue weighted by Gasteiger charge is 2.11. The normalized spacial score (nSPS) is 10.4. The van der Waals surface area contributed by atoms with Crippen LogP contribution in [0.3, 0.4) is 0 Å². The second-order valence-electron chi connectivity index (χ2n) is 5.46. The van der Waals surface area contributed by atoms with Gasteiger partial charge in [-0.2, -0.15) is 0 Å². The number of carbonyl (C=O) groups is 1. The van der Waals surface area contributed by atoms with Gasteiger partial charge in [0.1, 0.15) is 17.2 Å². The van der Waals surface area contributed by atoms with Gasteiger partial charge in [-0.25, -0.2) is 4.79 Å². The molecular weight excluding hydrogens is 304 g/mol. The van der Waals surface area contributed by atoms with Crippen molar-refractivity contribution in [2.45, 2.75) is 6.92 Å². The van der Waals surface area contributed by atoms with Gasteiger partial charge in [-0.1, -0.05) is 24.3 Å². The molecule has 0 aliphatic carbocycles. The van der Waals surface area contributed by atoms with Crippen molar-refractivity contribution in [1.29, 1.82) is 0 Å². The Morgan fingerprint density at radius 2 is 1.33 bits per heavy atom. The minimum atomic E-state index is -0.457. The van der Waals surface area contributed by atoms with Crippen LogP contribution in [0.25, 0.3) is 11.1 Å². The van der Waals surface area contributed by atoms with Gasteiger partial charge in [0.15, 0.2) is 0 Å². The maximum atomic E-state index is 12.2. The van der Waals surface area contributed by atoms with E-state index in [0.29, 0.717) is 16.9 Å². The second kappa shape index (κ2) is 6.46. The number of carbonyl (C=O) groups excluding carboxylic acids is 1. The van der Waals surface area contributed by atoms with Crippen molar-refractivity contribution in [3.05, 3.63) is 77.9 Å². The molecule has 3 aromatic rings. The molecule has 0 amide bonds. The molecule has 2 N–H and O–H groups in total. The highest BCUT2D eigenvalue weighted by atomic mass is 16.5. The fourth-order valence-corrected chi connectivity index (χ4v) is 2.36. The quantitative estimate of drug-likeness (QED) is 0.558. The SMILES string of the molecule is Cc1cc(O)ccc1OC(=O)c1ccc(-c2ccc(O)cc2)cc1. The zero-order valence-electron chi connectivity index (χ0n) is 13.1. The predicted octanol–water partition coefficient (Wildman–Crippen LogP) is 4.29. The molecule has 0 unspecified atom stereocenters. The molecule has 0 fully saturated rings. The topological polar surface area (TPSA) is 66.8 Å². The largest absolute Gasteiger partial charge is 0.508 e. The molecule has 0 heterocycles. The van der Waals surface area contributed by atoms with Crippen molar-refractivity contribution in [2.75, 3.05) is 0 Å². The number of benzene rings is 3. The van der Waals surface area contributed by atoms with Gasteiger partial charge >= 0.3 is 5.97 Å². The molecule has 0 radical (unpaired) electrons. The molecule has 3 rings (SSSR count). The summed E-state index contributed by atoms with van der Waals surface area (Å²) in [6.07, 6.45) is 0. The lowest BCUT2D eigenvalue weighted by Crippen LogP contribution is -2.09. The van der Waals surface area contributed by atoms with Gasteiger partial charge in [0, 0.05) is 0 Å². The summed E-state index contributed by atoms with van der Waals surface area (Å²) in [7, 11) is 0. The van der Waals surface area contributed by atoms with Crippen LogP contribution in [0.5, 0.6) is 17.2 Å². The lowest BCUT2D eigenvalue weighted by atomic mass is 10.0. The first-order chi connectivity index (χ1) is 11.5. The number of aromatic hydroxyl groups is 2. The van der Waals surface area contributed by atoms with E-state index in [4.69, 9.17) is 4.74 Å². The molecule has 0 spiro atoms. The van der Waals surface area contributed by atoms with E-state index in [2.05, 4.69) is 0 Å². The Bertz CT molecular complexity index is 865. The fraction of sp³-hybridized carbons (Fsp3) is 0.0500. The maximum Gasteiger partial charge on any atom is 0.343 e. The number of rotatable bonds is 3. The Labute approximate surface area is 139 Å². The van der Waals surface area contributed by atoms with Crippen molar-refractivity contribution in [3.8, 4) is 28.4 Å². The fourth-order valence-electron chi connectivity index (χ4n) is 2.36. The van der Waals surface area contributed by atoms with Crippen molar-refractivity contribution >= 4 is 5.97 Å². The van der Waals surface area contributed by atoms with E-state index in [1.807, 2.05) is 24.3 Å². The van der Waals surface area contributed by atoms with Gasteiger partial charge in [0.05, 0.1) is 5.56 Å². The van der Waals surface area contributed by atoms with E-state index >= 15 is 0 Å². The standard InChI is InChI=1S/C20H16O4/c1-13-12-18(22)10-11-19(13)24-20(23)16-4-2-14(3-5-16)15-6-8-17(21)9-7-15/h2-12,21-22H,1H3. The third kappa shape index (κ3) is 3.38. The Kier molecular flexibility index (Phi) is 4.20. The van der Waals surface area contributed by atoms with Crippen LogP contribution in [0.15, 0.2) is 66.7 Å². The summed E-state index contributed by atoms with van der Waals surface area (Å²) >= 11 is 0. The molecular formula is C20H16O4. The van der Waals surface area contributed by atoms with E-state index in [-0.39, 0.29) is 11.5 Å². The molecule has 24 heavy (non-hydrogen) atoms. The van der Waals surface area contributed by atoms with Crippen LogP contribution >= 0.6 is 0 Å². The smallest absolute Gasteiger partial charge is 0.343 e. The average molecular weight is 320 g/mol. The molecule has 0 aromatic heterocycles. The summed E-state index contributed by atoms with van der Waals surface area (Å²) in [5.74, 6) is 0.301. The minimum Gasteiger partial charge on any atom is -0.508 e. The minimum absolute atomic E-state index is 0.130. The molecule has 3 aromatic carbocycles. The molecule has 0 saturated carbocycles. The molecule has 0 aliphatic rings. The Morgan fingerprint density at radius 3 is 1.92 bits per heavy atom. The Hall–Kier alpha value is -3.27. The van der Waals surface area contributed by atoms with Gasteiger partial charge in [-0.15, -0.1) is 0 Å². The van der Waals surface area contributed by atoms with Crippen LogP contribution in [0.1, 0.15) is 15.9 Å². The van der Waals surface area contributed by atoms with Gasteiger partial charge < -0.3 is 14.9 Å². The van der Waals surface area contributed by atoms with Crippen LogP contribution < -0.4 is 4.74 Å². The Balaban J connectivity index is 1.77. The summed E-state index contributed by atoms with van der Waals surface area (Å²) in [5.41, 5.74) is 3.00. The lowest BCUT2D eigenvalue weighted by Gasteiger charge is -2.08. The molecule has 0 saturated heterocycles. The van der Waals surface area contributed by atoms with Crippen molar-refractivity contribution < 1.29 is 19.7 Å². The van der Waals surface area contributed by atoms with Gasteiger partial charge in [0.2, 0.25) is 0 Å². The second-order valence-corrected chi connectivity index (χ2v) is 5.46. The van der Waals surface area contributed by atoms with Gasteiger partial charge in [0.25, 0.3) is 0 Å². The lowest BCUT2D eigenvalue weighted by molar-refractivity contribution is 0.0733. The van der Waals surface area contributed by atoms with Crippen LogP contribution in [-0.4, -0.2) is 16.2 Å². The molecule has 4 heteroatoms. The first-order valence-corrected chi connectivity index (χ1v) is 7.44. The third-order valence-corrected chi connectivity index (χ3v) is 3.68. The number of aryl methyl sites for hydroxylation is 1. The van der Waals surface area contributed by atoms with Crippen LogP contribution in [0, 0.1) is 6.92 Å². The Morgan fingerprint density at radius 1 is 0.792 bits per heavy atom. The maximum absolute atomic E-state index is 12.2. The average Bonchev–Trinajstić information content (AvgIpc) is 2.58. The molecule has 0 bridgehead atoms. The number of hydrogen-bond acceptors (Lipinski definition) is 4. The number of phenolic OH excluding ortho intramolecular Hbond substituents is 2. The van der Waals surface area contributed by atoms with Crippen LogP contribution in [0.2, 0.25) is 0 Å². The molecule has 120 valence electrons. The zero-order chi connectivity index (χ0) is 17.1. The van der Waals surface area contributed by atoms with Gasteiger partial charge in [-0.05, 0) is 66.1 Å². The number of esters is 1. The summed E-state index contributed by atoms with van der Waals surface area (Å²) in [6, 6.07) is 18.5. The van der Waals surface area contributed by atoms with E-state index in [0.717, 1.165) is 11.1 Å². The highest BCUT2D eigenvalue weighted by Crippen LogP contribution is 2.25. The number of ether oxygens (including phenoxy) is 1. The summed E-state index contributed by atoms with van der Waals surface area (Å²) < 4.78 is 5.36. The third-order valence-electron chi connectivity index (χ3n) is 3.68. The molecule has 0 aliphatic heterocycles. The van der Waals surface area contributed by atoms with E-state index in [1.54, 1.807) is 37.3 Å². The first kappa shape index (κ1) is 15.6. The summed E-state index contributed by atoms with van der Waals surface area (Å²) in [5, 5.41) is 18.7. The zero-order valence-corrected chi connectivity index (χ0v) is 13.1. The van der Waals surface area contributed by atoms with Crippen molar-refractivity contribution in [2.24, 2.45) is 0 Å². The summed E-state index contributed by atoms with van der Waals surface area (Å²) in [4.78, 5) is 12.2. The van der Waals surface area contributed by atoms with Gasteiger partial charge in [-0.3, -0.25) is 0 Å². The number of phenols is 2. The predicted molar refractivity (Wildman–Crippen MR) is 91.3 cm³/mol. The van der Waals surface area contributed by atoms with Crippen LogP contribution in [-0.2, 0) is 0 Å². The van der Waals surface area contributed by atoms with Crippen molar-refractivity contribution in [1.82, 2.24) is 0 Å². The first-order valence-electron chi connectivity index (χ1n) is 7.44. The number of hydrogen-bond donors (Lipinski definition) is 2. The van der Waals surface area contributed by atoms with E-state index in [1.165, 1.54) is 12.1 Å². The highest BCUT2D eigenvalue weighted by molar-refractivity contribution is 5.91. The molecule has 0 atom stereocenters. The van der Waals surface area contributed by atoms with E-state index < -0.39 is 5.97 Å². The monoisotopic (exact) mass is 320 g/mol. The van der Waals surface area contributed by atoms with E-state index in [9.17, 15) is 15.0 Å². The summed E-state index contributed by atoms with van der Waals surface area (Å²) in [6.45, 7) is 1.76. The molecule has 4 nitrogen and oxygen atoms in total.